The predicted molar refractivity (Wildman–Crippen MR) is 40.2 cm³/mol. The van der Waals surface area contributed by atoms with Crippen LogP contribution in [0.3, 0.4) is 0 Å². The number of hydrogen-bond donors (Lipinski definition) is 0. The first kappa shape index (κ1) is 11.6. The fraction of sp³-hybridized carbons (Fsp3) is 0.222. The molecule has 0 unspecified atom stereocenters. The van der Waals surface area contributed by atoms with Crippen molar-refractivity contribution in [3.05, 3.63) is 34.9 Å². The van der Waals surface area contributed by atoms with E-state index in [2.05, 4.69) is 0 Å². The van der Waals surface area contributed by atoms with Crippen LogP contribution in [0.2, 0.25) is 0 Å². The number of hydrogen-bond acceptors (Lipinski definition) is 2. The topological polar surface area (TPSA) is 40.1 Å². The first-order valence-corrected chi connectivity index (χ1v) is 3.40. The smallest absolute Gasteiger partial charge is 0.545 e. The molecule has 0 aliphatic rings. The minimum Gasteiger partial charge on any atom is -0.545 e. The van der Waals surface area contributed by atoms with Crippen LogP contribution < -0.4 is 5.11 Å². The van der Waals surface area contributed by atoms with Gasteiger partial charge in [0.05, 0.1) is 5.97 Å². The number of aromatic carboxylic acids is 1. The van der Waals surface area contributed by atoms with E-state index >= 15 is 0 Å². The zero-order chi connectivity index (χ0) is 8.43. The Morgan fingerprint density at radius 2 is 1.92 bits per heavy atom. The summed E-state index contributed by atoms with van der Waals surface area (Å²) >= 11 is 0. The molecule has 1 aromatic carbocycles. The second-order valence-electron chi connectivity index (χ2n) is 2.61. The van der Waals surface area contributed by atoms with Crippen LogP contribution in [-0.2, 0) is 27.7 Å². The van der Waals surface area contributed by atoms with E-state index < -0.39 is 5.97 Å². The second kappa shape index (κ2) is 4.60. The molecule has 2 nitrogen and oxygen atoms in total. The van der Waals surface area contributed by atoms with E-state index in [-0.39, 0.29) is 33.2 Å². The van der Waals surface area contributed by atoms with Crippen molar-refractivity contribution in [2.45, 2.75) is 13.8 Å². The van der Waals surface area contributed by atoms with Gasteiger partial charge in [0, 0.05) is 5.56 Å². The van der Waals surface area contributed by atoms with Gasteiger partial charge >= 0.3 is 27.7 Å². The van der Waals surface area contributed by atoms with Crippen molar-refractivity contribution in [2.24, 2.45) is 0 Å². The van der Waals surface area contributed by atoms with Crippen LogP contribution in [0.15, 0.2) is 18.2 Å². The molecule has 0 aliphatic carbocycles. The summed E-state index contributed by atoms with van der Waals surface area (Å²) in [6.45, 7) is 3.68. The Hall–Kier alpha value is -0.375. The molecule has 0 atom stereocenters. The maximum Gasteiger partial charge on any atom is 1.00 e. The van der Waals surface area contributed by atoms with Gasteiger partial charge in [0.25, 0.3) is 0 Å². The normalized spacial score (nSPS) is 8.83. The van der Waals surface area contributed by atoms with Crippen molar-refractivity contribution < 1.29 is 37.6 Å². The van der Waals surface area contributed by atoms with Crippen LogP contribution in [0, 0.1) is 13.8 Å². The molecule has 0 aliphatic heterocycles. The molecule has 1 rings (SSSR count). The van der Waals surface area contributed by atoms with E-state index in [0.717, 1.165) is 11.1 Å². The van der Waals surface area contributed by atoms with Crippen LogP contribution >= 0.6 is 0 Å². The summed E-state index contributed by atoms with van der Waals surface area (Å²) in [6.07, 6.45) is 0. The van der Waals surface area contributed by atoms with Gasteiger partial charge in [-0.25, -0.2) is 0 Å². The molecule has 0 N–H and O–H groups in total. The van der Waals surface area contributed by atoms with Crippen LogP contribution in [-0.4, -0.2) is 5.97 Å². The van der Waals surface area contributed by atoms with Gasteiger partial charge in [-0.15, -0.1) is 0 Å². The van der Waals surface area contributed by atoms with Gasteiger partial charge in [0.15, 0.2) is 0 Å². The van der Waals surface area contributed by atoms with Gasteiger partial charge in [-0.05, 0) is 19.4 Å². The summed E-state index contributed by atoms with van der Waals surface area (Å²) < 4.78 is 0. The Morgan fingerprint density at radius 1 is 1.33 bits per heavy atom. The minimum atomic E-state index is -1.11. The SMILES string of the molecule is Cc1ccc(C(=O)[O-])c(C)c1.[Hg+]. The molecule has 0 saturated carbocycles. The molecule has 0 spiro atoms. The fourth-order valence-corrected chi connectivity index (χ4v) is 1.04. The van der Waals surface area contributed by atoms with Crippen molar-refractivity contribution in [1.29, 1.82) is 0 Å². The van der Waals surface area contributed by atoms with E-state index in [4.69, 9.17) is 0 Å². The largest absolute Gasteiger partial charge is 1.00 e. The van der Waals surface area contributed by atoms with Crippen LogP contribution in [0.1, 0.15) is 21.5 Å². The molecule has 0 fully saturated rings. The Bertz CT molecular complexity index is 295. The van der Waals surface area contributed by atoms with Gasteiger partial charge in [-0.1, -0.05) is 23.8 Å². The number of carboxylic acid groups (broad SMARTS) is 1. The zero-order valence-corrected chi connectivity index (χ0v) is 12.8. The maximum atomic E-state index is 10.4. The molecule has 0 bridgehead atoms. The molecule has 3 heteroatoms. The Balaban J connectivity index is 0.00000121. The van der Waals surface area contributed by atoms with Crippen molar-refractivity contribution in [3.63, 3.8) is 0 Å². The number of benzene rings is 1. The van der Waals surface area contributed by atoms with Crippen molar-refractivity contribution >= 4 is 5.97 Å². The molecule has 0 amide bonds. The molecular formula is C9H9HgO2. The summed E-state index contributed by atoms with van der Waals surface area (Å²) in [7, 11) is 0. The van der Waals surface area contributed by atoms with E-state index in [0.29, 0.717) is 0 Å². The average Bonchev–Trinajstić information content (AvgIpc) is 1.85. The van der Waals surface area contributed by atoms with Crippen molar-refractivity contribution in [1.82, 2.24) is 0 Å². The van der Waals surface area contributed by atoms with E-state index in [9.17, 15) is 9.90 Å². The monoisotopic (exact) mass is 351 g/mol. The standard InChI is InChI=1S/C9H10O2.Hg/c1-6-3-4-8(9(10)11)7(2)5-6;/h3-5H,1-2H3,(H,10,11);/q;+1/p-1. The summed E-state index contributed by atoms with van der Waals surface area (Å²) in [6, 6.07) is 5.16. The van der Waals surface area contributed by atoms with Crippen molar-refractivity contribution in [3.8, 4) is 0 Å². The third kappa shape index (κ3) is 2.59. The first-order valence-electron chi connectivity index (χ1n) is 3.40. The minimum absolute atomic E-state index is 0. The maximum absolute atomic E-state index is 10.4. The Kier molecular flexibility index (Phi) is 4.46. The zero-order valence-electron chi connectivity index (χ0n) is 7.26. The third-order valence-corrected chi connectivity index (χ3v) is 1.60. The second-order valence-corrected chi connectivity index (χ2v) is 2.61. The Labute approximate surface area is 92.1 Å². The van der Waals surface area contributed by atoms with Gasteiger partial charge in [-0.3, -0.25) is 0 Å². The average molecular weight is 350 g/mol. The predicted octanol–water partition coefficient (Wildman–Crippen LogP) is 0.664. The quantitative estimate of drug-likeness (QED) is 0.699. The van der Waals surface area contributed by atoms with Crippen LogP contribution in [0.4, 0.5) is 0 Å². The van der Waals surface area contributed by atoms with E-state index in [1.54, 1.807) is 19.1 Å². The van der Waals surface area contributed by atoms with Crippen molar-refractivity contribution in [2.75, 3.05) is 0 Å². The molecule has 0 heterocycles. The summed E-state index contributed by atoms with van der Waals surface area (Å²) in [4.78, 5) is 10.4. The first-order chi connectivity index (χ1) is 5.11. The Morgan fingerprint density at radius 3 is 2.33 bits per heavy atom. The fourth-order valence-electron chi connectivity index (χ4n) is 1.04. The molecular weight excluding hydrogens is 341 g/mol. The molecule has 1 radical (unpaired) electrons. The number of carbonyl (C=O) groups excluding carboxylic acids is 1. The van der Waals surface area contributed by atoms with E-state index in [1.807, 2.05) is 13.0 Å². The van der Waals surface area contributed by atoms with Crippen LogP contribution in [0.5, 0.6) is 0 Å². The van der Waals surface area contributed by atoms with Gasteiger partial charge in [-0.2, -0.15) is 0 Å². The summed E-state index contributed by atoms with van der Waals surface area (Å²) in [5.74, 6) is -1.11. The van der Waals surface area contributed by atoms with Gasteiger partial charge in [0.2, 0.25) is 0 Å². The number of carboxylic acids is 1. The third-order valence-electron chi connectivity index (χ3n) is 1.60. The molecule has 0 aromatic heterocycles. The molecule has 12 heavy (non-hydrogen) atoms. The van der Waals surface area contributed by atoms with Gasteiger partial charge < -0.3 is 9.90 Å². The molecule has 1 aromatic rings. The number of aryl methyl sites for hydroxylation is 2. The molecule has 59 valence electrons. The summed E-state index contributed by atoms with van der Waals surface area (Å²) in [5, 5.41) is 10.4. The summed E-state index contributed by atoms with van der Waals surface area (Å²) in [5.41, 5.74) is 2.09. The van der Waals surface area contributed by atoms with Crippen LogP contribution in [0.25, 0.3) is 0 Å². The molecule has 0 saturated heterocycles. The number of rotatable bonds is 1. The van der Waals surface area contributed by atoms with E-state index in [1.165, 1.54) is 0 Å². The number of carbonyl (C=O) groups is 1. The van der Waals surface area contributed by atoms with Gasteiger partial charge in [0.1, 0.15) is 0 Å².